The van der Waals surface area contributed by atoms with E-state index in [-0.39, 0.29) is 5.91 Å². The standard InChI is InChI=1S/C21H19ClN2O4/c1-14-19(8-9-27-14)21(25)24-23-12-15-6-7-20(26-2)16(10-15)13-28-18-5-3-4-17(22)11-18/h3-12H,13H2,1-2H3,(H,24,25). The molecule has 0 unspecified atom stereocenters. The highest BCUT2D eigenvalue weighted by molar-refractivity contribution is 6.30. The molecule has 0 aliphatic heterocycles. The lowest BCUT2D eigenvalue weighted by Gasteiger charge is -2.11. The van der Waals surface area contributed by atoms with E-state index in [2.05, 4.69) is 10.5 Å². The van der Waals surface area contributed by atoms with Gasteiger partial charge in [0.2, 0.25) is 0 Å². The second kappa shape index (κ2) is 9.10. The van der Waals surface area contributed by atoms with Crippen LogP contribution in [0.25, 0.3) is 0 Å². The lowest BCUT2D eigenvalue weighted by atomic mass is 10.1. The Bertz CT molecular complexity index is 998. The number of amides is 1. The molecule has 0 saturated carbocycles. The van der Waals surface area contributed by atoms with Crippen molar-refractivity contribution in [3.05, 3.63) is 82.3 Å². The highest BCUT2D eigenvalue weighted by Gasteiger charge is 2.10. The molecule has 0 atom stereocenters. The molecule has 3 rings (SSSR count). The van der Waals surface area contributed by atoms with Crippen LogP contribution in [0.4, 0.5) is 0 Å². The van der Waals surface area contributed by atoms with Gasteiger partial charge < -0.3 is 13.9 Å². The predicted molar refractivity (Wildman–Crippen MR) is 107 cm³/mol. The molecular weight excluding hydrogens is 380 g/mol. The molecule has 0 fully saturated rings. The maximum atomic E-state index is 12.0. The molecule has 28 heavy (non-hydrogen) atoms. The van der Waals surface area contributed by atoms with Gasteiger partial charge in [-0.25, -0.2) is 5.43 Å². The summed E-state index contributed by atoms with van der Waals surface area (Å²) in [6, 6.07) is 14.3. The average molecular weight is 399 g/mol. The first-order chi connectivity index (χ1) is 13.6. The number of carbonyl (C=O) groups excluding carboxylic acids is 1. The Labute approximate surface area is 167 Å². The Balaban J connectivity index is 1.68. The smallest absolute Gasteiger partial charge is 0.274 e. The molecule has 0 radical (unpaired) electrons. The van der Waals surface area contributed by atoms with E-state index in [1.54, 1.807) is 38.4 Å². The summed E-state index contributed by atoms with van der Waals surface area (Å²) in [6.45, 7) is 2.01. The minimum absolute atomic E-state index is 0.297. The van der Waals surface area contributed by atoms with E-state index in [4.69, 9.17) is 25.5 Å². The topological polar surface area (TPSA) is 73.1 Å². The fraction of sp³-hybridized carbons (Fsp3) is 0.143. The molecular formula is C21H19ClN2O4. The predicted octanol–water partition coefficient (Wildman–Crippen LogP) is 4.59. The lowest BCUT2D eigenvalue weighted by Crippen LogP contribution is -2.17. The molecule has 2 aromatic carbocycles. The van der Waals surface area contributed by atoms with Gasteiger partial charge in [-0.05, 0) is 55.0 Å². The minimum atomic E-state index is -0.333. The number of ether oxygens (including phenoxy) is 2. The summed E-state index contributed by atoms with van der Waals surface area (Å²) in [5, 5.41) is 4.61. The second-order valence-electron chi connectivity index (χ2n) is 5.91. The maximum absolute atomic E-state index is 12.0. The van der Waals surface area contributed by atoms with E-state index >= 15 is 0 Å². The highest BCUT2D eigenvalue weighted by Crippen LogP contribution is 2.23. The van der Waals surface area contributed by atoms with Gasteiger partial charge in [0.15, 0.2) is 0 Å². The minimum Gasteiger partial charge on any atom is -0.496 e. The van der Waals surface area contributed by atoms with Gasteiger partial charge >= 0.3 is 0 Å². The third-order valence-electron chi connectivity index (χ3n) is 3.98. The molecule has 6 nitrogen and oxygen atoms in total. The van der Waals surface area contributed by atoms with E-state index in [0.717, 1.165) is 11.1 Å². The second-order valence-corrected chi connectivity index (χ2v) is 6.34. The number of benzene rings is 2. The SMILES string of the molecule is COc1ccc(C=NNC(=O)c2ccoc2C)cc1COc1cccc(Cl)c1. The van der Waals surface area contributed by atoms with Crippen molar-refractivity contribution in [2.45, 2.75) is 13.5 Å². The number of methoxy groups -OCH3 is 1. The molecule has 0 aliphatic carbocycles. The quantitative estimate of drug-likeness (QED) is 0.466. The van der Waals surface area contributed by atoms with Crippen LogP contribution in [0.3, 0.4) is 0 Å². The van der Waals surface area contributed by atoms with Crippen LogP contribution in [-0.4, -0.2) is 19.2 Å². The lowest BCUT2D eigenvalue weighted by molar-refractivity contribution is 0.0953. The van der Waals surface area contributed by atoms with E-state index in [1.807, 2.05) is 30.3 Å². The van der Waals surface area contributed by atoms with Crippen LogP contribution >= 0.6 is 11.6 Å². The molecule has 0 bridgehead atoms. The monoisotopic (exact) mass is 398 g/mol. The summed E-state index contributed by atoms with van der Waals surface area (Å²) in [6.07, 6.45) is 3.01. The summed E-state index contributed by atoms with van der Waals surface area (Å²) in [4.78, 5) is 12.0. The Morgan fingerprint density at radius 2 is 2.11 bits per heavy atom. The third kappa shape index (κ3) is 4.92. The van der Waals surface area contributed by atoms with Gasteiger partial charge in [0, 0.05) is 10.6 Å². The van der Waals surface area contributed by atoms with Crippen LogP contribution in [0, 0.1) is 6.92 Å². The van der Waals surface area contributed by atoms with Gasteiger partial charge in [-0.3, -0.25) is 4.79 Å². The van der Waals surface area contributed by atoms with Crippen molar-refractivity contribution in [1.82, 2.24) is 5.43 Å². The molecule has 7 heteroatoms. The van der Waals surface area contributed by atoms with Crippen molar-refractivity contribution in [3.63, 3.8) is 0 Å². The van der Waals surface area contributed by atoms with Crippen LogP contribution < -0.4 is 14.9 Å². The van der Waals surface area contributed by atoms with Crippen molar-refractivity contribution in [3.8, 4) is 11.5 Å². The third-order valence-corrected chi connectivity index (χ3v) is 4.21. The van der Waals surface area contributed by atoms with Crippen molar-refractivity contribution >= 4 is 23.7 Å². The number of halogens is 1. The molecule has 0 saturated heterocycles. The summed E-state index contributed by atoms with van der Waals surface area (Å²) in [7, 11) is 1.60. The first kappa shape index (κ1) is 19.5. The van der Waals surface area contributed by atoms with Crippen LogP contribution in [0.15, 0.2) is 64.3 Å². The number of nitrogens with one attached hydrogen (secondary N) is 1. The number of hydrogen-bond acceptors (Lipinski definition) is 5. The molecule has 1 heterocycles. The van der Waals surface area contributed by atoms with E-state index in [9.17, 15) is 4.79 Å². The molecule has 1 N–H and O–H groups in total. The van der Waals surface area contributed by atoms with Gasteiger partial charge in [-0.2, -0.15) is 5.10 Å². The van der Waals surface area contributed by atoms with E-state index in [0.29, 0.717) is 34.5 Å². The molecule has 144 valence electrons. The normalized spacial score (nSPS) is 10.8. The number of nitrogens with zero attached hydrogens (tertiary/aromatic N) is 1. The zero-order valence-corrected chi connectivity index (χ0v) is 16.2. The van der Waals surface area contributed by atoms with Crippen molar-refractivity contribution in [1.29, 1.82) is 0 Å². The van der Waals surface area contributed by atoms with Gasteiger partial charge in [0.1, 0.15) is 23.9 Å². The average Bonchev–Trinajstić information content (AvgIpc) is 3.12. The molecule has 1 aromatic heterocycles. The van der Waals surface area contributed by atoms with Crippen LogP contribution in [0.2, 0.25) is 5.02 Å². The van der Waals surface area contributed by atoms with Gasteiger partial charge in [-0.15, -0.1) is 0 Å². The van der Waals surface area contributed by atoms with Crippen LogP contribution in [0.1, 0.15) is 27.2 Å². The number of aryl methyl sites for hydroxylation is 1. The fourth-order valence-corrected chi connectivity index (χ4v) is 2.74. The largest absolute Gasteiger partial charge is 0.496 e. The van der Waals surface area contributed by atoms with Crippen molar-refractivity contribution < 1.29 is 18.7 Å². The first-order valence-corrected chi connectivity index (χ1v) is 8.87. The van der Waals surface area contributed by atoms with Crippen molar-refractivity contribution in [2.75, 3.05) is 7.11 Å². The Hall–Kier alpha value is -3.25. The number of hydrazone groups is 1. The summed E-state index contributed by atoms with van der Waals surface area (Å²) in [5.41, 5.74) is 4.55. The summed E-state index contributed by atoms with van der Waals surface area (Å²) >= 11 is 5.98. The number of hydrogen-bond donors (Lipinski definition) is 1. The number of furan rings is 1. The molecule has 1 amide bonds. The Morgan fingerprint density at radius 1 is 1.25 bits per heavy atom. The Morgan fingerprint density at radius 3 is 2.82 bits per heavy atom. The van der Waals surface area contributed by atoms with Crippen molar-refractivity contribution in [2.24, 2.45) is 5.10 Å². The highest BCUT2D eigenvalue weighted by atomic mass is 35.5. The van der Waals surface area contributed by atoms with E-state index < -0.39 is 0 Å². The van der Waals surface area contributed by atoms with Crippen LogP contribution in [0.5, 0.6) is 11.5 Å². The number of carbonyl (C=O) groups is 1. The van der Waals surface area contributed by atoms with Crippen LogP contribution in [-0.2, 0) is 6.61 Å². The van der Waals surface area contributed by atoms with Gasteiger partial charge in [-0.1, -0.05) is 17.7 Å². The zero-order valence-electron chi connectivity index (χ0n) is 15.4. The van der Waals surface area contributed by atoms with E-state index in [1.165, 1.54) is 6.26 Å². The Kier molecular flexibility index (Phi) is 6.34. The maximum Gasteiger partial charge on any atom is 0.274 e. The fourth-order valence-electron chi connectivity index (χ4n) is 2.56. The first-order valence-electron chi connectivity index (χ1n) is 8.49. The van der Waals surface area contributed by atoms with Gasteiger partial charge in [0.05, 0.1) is 25.2 Å². The number of rotatable bonds is 7. The summed E-state index contributed by atoms with van der Waals surface area (Å²) < 4.78 is 16.3. The summed E-state index contributed by atoms with van der Waals surface area (Å²) in [5.74, 6) is 1.56. The zero-order chi connectivity index (χ0) is 19.9. The molecule has 3 aromatic rings. The van der Waals surface area contributed by atoms with Gasteiger partial charge in [0.25, 0.3) is 5.91 Å². The molecule has 0 spiro atoms. The molecule has 0 aliphatic rings.